The second-order valence-electron chi connectivity index (χ2n) is 9.45. The number of rotatable bonds is 6. The fourth-order valence-electron chi connectivity index (χ4n) is 5.78. The molecule has 1 aromatic heterocycles. The van der Waals surface area contributed by atoms with E-state index in [0.717, 1.165) is 69.5 Å². The number of nitrogens with one attached hydrogen (secondary N) is 1. The molecule has 2 aliphatic heterocycles. The quantitative estimate of drug-likeness (QED) is 0.688. The van der Waals surface area contributed by atoms with Crippen LogP contribution in [0.5, 0.6) is 0 Å². The Bertz CT molecular complexity index is 947. The van der Waals surface area contributed by atoms with Crippen LogP contribution in [0.25, 0.3) is 0 Å². The van der Waals surface area contributed by atoms with Crippen LogP contribution in [-0.4, -0.2) is 46.4 Å². The van der Waals surface area contributed by atoms with Crippen molar-refractivity contribution in [1.82, 2.24) is 15.1 Å². The van der Waals surface area contributed by atoms with Gasteiger partial charge in [-0.2, -0.15) is 0 Å². The molecule has 1 aliphatic carbocycles. The van der Waals surface area contributed by atoms with Crippen molar-refractivity contribution in [2.75, 3.05) is 13.1 Å². The van der Waals surface area contributed by atoms with Crippen LogP contribution in [0.3, 0.4) is 0 Å². The van der Waals surface area contributed by atoms with Crippen LogP contribution in [0.4, 0.5) is 9.18 Å². The number of carbonyl (C=O) groups is 2. The van der Waals surface area contributed by atoms with Crippen LogP contribution in [0.1, 0.15) is 49.8 Å². The number of furan rings is 1. The summed E-state index contributed by atoms with van der Waals surface area (Å²) in [6.07, 6.45) is 7.57. The van der Waals surface area contributed by atoms with E-state index >= 15 is 0 Å². The first-order chi connectivity index (χ1) is 15.5. The largest absolute Gasteiger partial charge is 0.468 e. The SMILES string of the molecule is O=C1NC(Cc2ccc(F)cc2)(C2CCN(Cc3ccco3)CC2)C(=O)N1C1CCCC1. The minimum atomic E-state index is -0.964. The lowest BCUT2D eigenvalue weighted by Crippen LogP contribution is -2.57. The maximum Gasteiger partial charge on any atom is 0.325 e. The van der Waals surface area contributed by atoms with Crippen molar-refractivity contribution in [3.8, 4) is 0 Å². The molecule has 6 nitrogen and oxygen atoms in total. The van der Waals surface area contributed by atoms with Crippen LogP contribution in [0, 0.1) is 11.7 Å². The lowest BCUT2D eigenvalue weighted by molar-refractivity contribution is -0.135. The van der Waals surface area contributed by atoms with Crippen LogP contribution < -0.4 is 5.32 Å². The van der Waals surface area contributed by atoms with E-state index in [9.17, 15) is 14.0 Å². The molecule has 3 amide bonds. The summed E-state index contributed by atoms with van der Waals surface area (Å²) in [5.74, 6) is 0.567. The van der Waals surface area contributed by atoms with Gasteiger partial charge in [-0.05, 0) is 74.5 Å². The van der Waals surface area contributed by atoms with Gasteiger partial charge in [-0.1, -0.05) is 25.0 Å². The van der Waals surface area contributed by atoms with Crippen LogP contribution >= 0.6 is 0 Å². The van der Waals surface area contributed by atoms with Gasteiger partial charge in [0.2, 0.25) is 0 Å². The fraction of sp³-hybridized carbons (Fsp3) is 0.520. The Morgan fingerprint density at radius 1 is 1.03 bits per heavy atom. The fourth-order valence-corrected chi connectivity index (χ4v) is 5.78. The lowest BCUT2D eigenvalue weighted by atomic mass is 9.73. The van der Waals surface area contributed by atoms with E-state index in [0.29, 0.717) is 6.42 Å². The molecule has 0 radical (unpaired) electrons. The maximum atomic E-state index is 13.9. The van der Waals surface area contributed by atoms with E-state index in [-0.39, 0.29) is 29.7 Å². The monoisotopic (exact) mass is 439 g/mol. The standard InChI is InChI=1S/C25H30FN3O3/c26-20-9-7-18(8-10-20)16-25(23(30)29(24(31)27-25)21-4-1-2-5-21)19-11-13-28(14-12-19)17-22-6-3-15-32-22/h3,6-10,15,19,21H,1-2,4-5,11-14,16-17H2,(H,27,31). The number of piperidine rings is 1. The van der Waals surface area contributed by atoms with Crippen LogP contribution in [-0.2, 0) is 17.8 Å². The molecular formula is C25H30FN3O3. The van der Waals surface area contributed by atoms with Crippen LogP contribution in [0.2, 0.25) is 0 Å². The number of benzene rings is 1. The summed E-state index contributed by atoms with van der Waals surface area (Å²) in [5, 5.41) is 3.14. The van der Waals surface area contributed by atoms with E-state index < -0.39 is 5.54 Å². The number of hydrogen-bond donors (Lipinski definition) is 1. The molecule has 1 unspecified atom stereocenters. The van der Waals surface area contributed by atoms with Crippen molar-refractivity contribution in [1.29, 1.82) is 0 Å². The molecule has 170 valence electrons. The number of nitrogens with zero attached hydrogens (tertiary/aromatic N) is 2. The van der Waals surface area contributed by atoms with E-state index in [1.54, 1.807) is 18.4 Å². The molecule has 1 aromatic carbocycles. The molecule has 5 rings (SSSR count). The predicted octanol–water partition coefficient (Wildman–Crippen LogP) is 4.11. The van der Waals surface area contributed by atoms with Gasteiger partial charge in [-0.3, -0.25) is 14.6 Å². The third kappa shape index (κ3) is 3.94. The summed E-state index contributed by atoms with van der Waals surface area (Å²) < 4.78 is 19.0. The predicted molar refractivity (Wildman–Crippen MR) is 117 cm³/mol. The van der Waals surface area contributed by atoms with Gasteiger partial charge in [-0.25, -0.2) is 9.18 Å². The Labute approximate surface area is 187 Å². The molecule has 3 heterocycles. The zero-order valence-electron chi connectivity index (χ0n) is 18.3. The number of likely N-dealkylation sites (tertiary alicyclic amines) is 1. The number of amides is 3. The zero-order chi connectivity index (χ0) is 22.1. The summed E-state index contributed by atoms with van der Waals surface area (Å²) in [7, 11) is 0. The number of hydrogen-bond acceptors (Lipinski definition) is 4. The first kappa shape index (κ1) is 21.2. The van der Waals surface area contributed by atoms with E-state index in [2.05, 4.69) is 10.2 Å². The number of carbonyl (C=O) groups excluding carboxylic acids is 2. The Balaban J connectivity index is 1.38. The van der Waals surface area contributed by atoms with Crippen molar-refractivity contribution in [2.24, 2.45) is 5.92 Å². The molecule has 0 bridgehead atoms. The van der Waals surface area contributed by atoms with Crippen molar-refractivity contribution in [3.63, 3.8) is 0 Å². The van der Waals surface area contributed by atoms with Gasteiger partial charge in [-0.15, -0.1) is 0 Å². The highest BCUT2D eigenvalue weighted by Crippen LogP contribution is 2.39. The van der Waals surface area contributed by atoms with Gasteiger partial charge in [0, 0.05) is 12.5 Å². The second kappa shape index (κ2) is 8.70. The van der Waals surface area contributed by atoms with Crippen molar-refractivity contribution in [3.05, 3.63) is 59.8 Å². The molecule has 3 fully saturated rings. The normalized spacial score (nSPS) is 25.6. The molecule has 2 aromatic rings. The molecule has 3 aliphatic rings. The van der Waals surface area contributed by atoms with E-state index in [1.165, 1.54) is 17.0 Å². The van der Waals surface area contributed by atoms with Gasteiger partial charge in [0.05, 0.1) is 12.8 Å². The zero-order valence-corrected chi connectivity index (χ0v) is 18.3. The molecule has 1 saturated carbocycles. The summed E-state index contributed by atoms with van der Waals surface area (Å²) in [5.41, 5.74) is -0.0970. The molecule has 7 heteroatoms. The Hall–Kier alpha value is -2.67. The average Bonchev–Trinajstić information content (AvgIpc) is 3.54. The first-order valence-corrected chi connectivity index (χ1v) is 11.7. The average molecular weight is 440 g/mol. The molecule has 1 N–H and O–H groups in total. The lowest BCUT2D eigenvalue weighted by Gasteiger charge is -2.41. The number of urea groups is 1. The second-order valence-corrected chi connectivity index (χ2v) is 9.45. The summed E-state index contributed by atoms with van der Waals surface area (Å²) in [6.45, 7) is 2.42. The minimum absolute atomic E-state index is 0.00312. The van der Waals surface area contributed by atoms with E-state index in [4.69, 9.17) is 4.42 Å². The summed E-state index contributed by atoms with van der Waals surface area (Å²) in [6, 6.07) is 9.89. The van der Waals surface area contributed by atoms with Gasteiger partial charge in [0.1, 0.15) is 17.1 Å². The highest BCUT2D eigenvalue weighted by atomic mass is 19.1. The minimum Gasteiger partial charge on any atom is -0.468 e. The molecule has 0 spiro atoms. The molecule has 1 atom stereocenters. The highest BCUT2D eigenvalue weighted by Gasteiger charge is 2.57. The number of imide groups is 1. The topological polar surface area (TPSA) is 65.8 Å². The van der Waals surface area contributed by atoms with Crippen molar-refractivity contribution < 1.29 is 18.4 Å². The molecule has 32 heavy (non-hydrogen) atoms. The summed E-state index contributed by atoms with van der Waals surface area (Å²) in [4.78, 5) is 30.8. The van der Waals surface area contributed by atoms with Gasteiger partial charge < -0.3 is 9.73 Å². The number of halogens is 1. The smallest absolute Gasteiger partial charge is 0.325 e. The Morgan fingerprint density at radius 3 is 2.41 bits per heavy atom. The molecular weight excluding hydrogens is 409 g/mol. The highest BCUT2D eigenvalue weighted by molar-refractivity contribution is 6.07. The Kier molecular flexibility index (Phi) is 5.76. The first-order valence-electron chi connectivity index (χ1n) is 11.7. The van der Waals surface area contributed by atoms with Crippen molar-refractivity contribution in [2.45, 2.75) is 63.1 Å². The van der Waals surface area contributed by atoms with Gasteiger partial charge in [0.25, 0.3) is 5.91 Å². The van der Waals surface area contributed by atoms with Gasteiger partial charge in [0.15, 0.2) is 0 Å². The summed E-state index contributed by atoms with van der Waals surface area (Å²) >= 11 is 0. The van der Waals surface area contributed by atoms with Crippen LogP contribution in [0.15, 0.2) is 47.1 Å². The molecule has 2 saturated heterocycles. The van der Waals surface area contributed by atoms with E-state index in [1.807, 2.05) is 12.1 Å². The Morgan fingerprint density at radius 2 is 1.75 bits per heavy atom. The van der Waals surface area contributed by atoms with Crippen molar-refractivity contribution >= 4 is 11.9 Å². The van der Waals surface area contributed by atoms with Gasteiger partial charge >= 0.3 is 6.03 Å². The third-order valence-electron chi connectivity index (χ3n) is 7.48. The maximum absolute atomic E-state index is 13.9. The third-order valence-corrected chi connectivity index (χ3v) is 7.48.